The Morgan fingerprint density at radius 2 is 1.67 bits per heavy atom. The molecule has 2 aromatic rings. The quantitative estimate of drug-likeness (QED) is 0.0722. The summed E-state index contributed by atoms with van der Waals surface area (Å²) in [5.74, 6) is -2.98. The molecule has 0 unspecified atom stereocenters. The topological polar surface area (TPSA) is 270 Å². The van der Waals surface area contributed by atoms with E-state index in [2.05, 4.69) is 10.3 Å². The largest absolute Gasteiger partial charge is 0.459 e. The Kier molecular flexibility index (Phi) is 20.9. The van der Waals surface area contributed by atoms with Crippen LogP contribution in [0.1, 0.15) is 124 Å². The van der Waals surface area contributed by atoms with E-state index in [1.807, 2.05) is 37.7 Å². The molecule has 416 valence electrons. The number of likely N-dealkylation sites (N-methyl/N-ethyl adjacent to an activating group) is 2. The van der Waals surface area contributed by atoms with E-state index in [9.17, 15) is 34.7 Å². The van der Waals surface area contributed by atoms with Crippen LogP contribution >= 0.6 is 0 Å². The summed E-state index contributed by atoms with van der Waals surface area (Å²) in [6, 6.07) is 4.91. The van der Waals surface area contributed by atoms with Crippen molar-refractivity contribution in [3.05, 3.63) is 47.3 Å². The van der Waals surface area contributed by atoms with Crippen molar-refractivity contribution in [1.82, 2.24) is 24.8 Å². The van der Waals surface area contributed by atoms with Gasteiger partial charge in [-0.05, 0) is 93.3 Å². The Hall–Kier alpha value is -3.29. The fourth-order valence-electron chi connectivity index (χ4n) is 11.4. The molecule has 20 atom stereocenters. The first-order chi connectivity index (χ1) is 34.1. The van der Waals surface area contributed by atoms with Crippen LogP contribution in [0.25, 0.3) is 0 Å². The zero-order chi connectivity index (χ0) is 54.5. The molecule has 3 aliphatic rings. The minimum absolute atomic E-state index is 0.0790. The molecule has 0 saturated carbocycles. The Morgan fingerprint density at radius 1 is 1.01 bits per heavy atom. The highest BCUT2D eigenvalue weighted by Crippen LogP contribution is 2.40. The molecule has 3 fully saturated rings. The molecule has 0 aliphatic carbocycles. The number of halogens is 1. The number of aromatic nitrogens is 3. The molecular formula is C52H88FN7O13. The number of methoxy groups -OCH3 is 2. The van der Waals surface area contributed by atoms with Crippen LogP contribution in [0.15, 0.2) is 30.5 Å². The molecule has 3 aliphatic heterocycles. The number of nitrogen functional groups attached to an aromatic ring is 1. The zero-order valence-corrected chi connectivity index (χ0v) is 45.6. The molecule has 0 amide bonds. The molecule has 1 aromatic heterocycles. The number of hydrogen-bond acceptors (Lipinski definition) is 18. The SMILES string of the molecule is CC[C@H]1OC(=O)[C@H](C)[C@@H](O[C@H]2C[C@@](C)(OC)[C@@H](O)[C@H](C)O2)[C@H](C)[C@@H](O[C@@H]2O[C@H](C)C[C@H](N(C)CCc3cn([C@H](CF)[C@H](OC)c4ccc(C(=N)N)cc4)nn3)[C@H]2O)[C@](C)(O)C[C@@H](C)CN(C)[C@H](C)[C@@H](O)[C@]1(C)O. The maximum Gasteiger partial charge on any atom is 0.311 e. The molecule has 8 N–H and O–H groups in total. The minimum atomic E-state index is -1.86. The minimum Gasteiger partial charge on any atom is -0.459 e. The van der Waals surface area contributed by atoms with Crippen molar-refractivity contribution >= 4 is 11.8 Å². The number of esters is 1. The van der Waals surface area contributed by atoms with Crippen LogP contribution in [0, 0.1) is 23.2 Å². The molecule has 4 heterocycles. The van der Waals surface area contributed by atoms with Gasteiger partial charge in [0.1, 0.15) is 54.7 Å². The van der Waals surface area contributed by atoms with E-state index < -0.39 is 127 Å². The number of amidine groups is 1. The van der Waals surface area contributed by atoms with Gasteiger partial charge in [0.15, 0.2) is 12.6 Å². The molecule has 20 nitrogen and oxygen atoms in total. The number of cyclic esters (lactones) is 1. The Morgan fingerprint density at radius 3 is 2.26 bits per heavy atom. The van der Waals surface area contributed by atoms with Gasteiger partial charge in [0, 0.05) is 69.9 Å². The highest BCUT2D eigenvalue weighted by molar-refractivity contribution is 5.94. The average Bonchev–Trinajstić information content (AvgIpc) is 3.81. The van der Waals surface area contributed by atoms with Crippen LogP contribution in [0.3, 0.4) is 0 Å². The van der Waals surface area contributed by atoms with Crippen LogP contribution in [-0.2, 0) is 44.4 Å². The highest BCUT2D eigenvalue weighted by atomic mass is 19.1. The number of nitrogens with one attached hydrogen (secondary N) is 1. The summed E-state index contributed by atoms with van der Waals surface area (Å²) in [4.78, 5) is 18.4. The van der Waals surface area contributed by atoms with Crippen LogP contribution in [0.2, 0.25) is 0 Å². The number of hydrogen-bond donors (Lipinski definition) is 7. The predicted molar refractivity (Wildman–Crippen MR) is 269 cm³/mol. The summed E-state index contributed by atoms with van der Waals surface area (Å²) in [6.07, 6.45) is -8.19. The van der Waals surface area contributed by atoms with Crippen LogP contribution < -0.4 is 5.73 Å². The lowest BCUT2D eigenvalue weighted by atomic mass is 9.77. The van der Waals surface area contributed by atoms with Crippen molar-refractivity contribution < 1.29 is 67.9 Å². The third-order valence-electron chi connectivity index (χ3n) is 16.0. The molecule has 0 bridgehead atoms. The first kappa shape index (κ1) is 60.6. The van der Waals surface area contributed by atoms with Crippen LogP contribution in [-0.4, -0.2) is 201 Å². The summed E-state index contributed by atoms with van der Waals surface area (Å²) >= 11 is 0. The number of alkyl halides is 1. The summed E-state index contributed by atoms with van der Waals surface area (Å²) in [5.41, 5.74) is 2.82. The maximum atomic E-state index is 14.7. The van der Waals surface area contributed by atoms with Crippen molar-refractivity contribution in [3.63, 3.8) is 0 Å². The van der Waals surface area contributed by atoms with Crippen molar-refractivity contribution in [1.29, 1.82) is 5.41 Å². The van der Waals surface area contributed by atoms with E-state index in [0.29, 0.717) is 42.8 Å². The van der Waals surface area contributed by atoms with Gasteiger partial charge in [-0.3, -0.25) is 10.2 Å². The van der Waals surface area contributed by atoms with E-state index in [1.165, 1.54) is 25.8 Å². The van der Waals surface area contributed by atoms with E-state index >= 15 is 0 Å². The second kappa shape index (κ2) is 25.2. The second-order valence-corrected chi connectivity index (χ2v) is 22.0. The van der Waals surface area contributed by atoms with E-state index in [0.717, 1.165) is 0 Å². The Balaban J connectivity index is 1.44. The zero-order valence-electron chi connectivity index (χ0n) is 45.6. The molecule has 73 heavy (non-hydrogen) atoms. The number of aliphatic hydroxyl groups is 5. The first-order valence-corrected chi connectivity index (χ1v) is 25.8. The maximum absolute atomic E-state index is 14.7. The predicted octanol–water partition coefficient (Wildman–Crippen LogP) is 3.29. The molecule has 3 saturated heterocycles. The van der Waals surface area contributed by atoms with Crippen LogP contribution in [0.4, 0.5) is 4.39 Å². The number of benzene rings is 1. The number of carbonyl (C=O) groups is 1. The molecular weight excluding hydrogens is 950 g/mol. The van der Waals surface area contributed by atoms with Gasteiger partial charge in [0.25, 0.3) is 0 Å². The third kappa shape index (κ3) is 14.0. The first-order valence-electron chi connectivity index (χ1n) is 25.8. The van der Waals surface area contributed by atoms with Crippen LogP contribution in [0.5, 0.6) is 0 Å². The van der Waals surface area contributed by atoms with Gasteiger partial charge in [-0.25, -0.2) is 9.07 Å². The fraction of sp³-hybridized carbons (Fsp3) is 0.808. The monoisotopic (exact) mass is 1040 g/mol. The van der Waals surface area contributed by atoms with Crippen molar-refractivity contribution in [2.75, 3.05) is 48.1 Å². The summed E-state index contributed by atoms with van der Waals surface area (Å²) < 4.78 is 60.2. The molecule has 1 aromatic carbocycles. The number of carbonyl (C=O) groups excluding carboxylic acids is 1. The van der Waals surface area contributed by atoms with E-state index in [1.54, 1.807) is 78.9 Å². The number of nitrogens with zero attached hydrogens (tertiary/aromatic N) is 5. The summed E-state index contributed by atoms with van der Waals surface area (Å²) in [6.45, 7) is 17.4. The van der Waals surface area contributed by atoms with Gasteiger partial charge in [0.05, 0.1) is 47.2 Å². The molecule has 21 heteroatoms. The normalized spacial score (nSPS) is 39.6. The lowest BCUT2D eigenvalue weighted by Crippen LogP contribution is -2.61. The molecule has 5 rings (SSSR count). The lowest BCUT2D eigenvalue weighted by Gasteiger charge is -2.49. The van der Waals surface area contributed by atoms with E-state index in [4.69, 9.17) is 44.3 Å². The third-order valence-corrected chi connectivity index (χ3v) is 16.0. The van der Waals surface area contributed by atoms with E-state index in [-0.39, 0.29) is 31.0 Å². The fourth-order valence-corrected chi connectivity index (χ4v) is 11.4. The van der Waals surface area contributed by atoms with Crippen molar-refractivity contribution in [3.8, 4) is 0 Å². The number of aliphatic hydroxyl groups excluding tert-OH is 3. The van der Waals surface area contributed by atoms with Gasteiger partial charge in [-0.15, -0.1) is 5.10 Å². The molecule has 0 spiro atoms. The number of rotatable bonds is 16. The molecule has 0 radical (unpaired) electrons. The average molecular weight is 1040 g/mol. The highest BCUT2D eigenvalue weighted by Gasteiger charge is 2.53. The number of nitrogens with two attached hydrogens (primary N) is 1. The lowest BCUT2D eigenvalue weighted by molar-refractivity contribution is -0.318. The second-order valence-electron chi connectivity index (χ2n) is 22.0. The number of ether oxygens (including phenoxy) is 7. The van der Waals surface area contributed by atoms with Gasteiger partial charge in [-0.2, -0.15) is 0 Å². The Bertz CT molecular complexity index is 2070. The van der Waals surface area contributed by atoms with Gasteiger partial charge < -0.3 is 74.2 Å². The summed E-state index contributed by atoms with van der Waals surface area (Å²) in [5, 5.41) is 76.1. The van der Waals surface area contributed by atoms with Crippen molar-refractivity contribution in [2.45, 2.75) is 204 Å². The standard InChI is InChI=1S/C52H88FN7O13/c1-15-39-52(10,66)44(62)32(6)59(12)26-28(2)23-50(8,65)46(30(4)42(31(5)48(64)71-39)72-40-24-51(9,68-14)45(63)33(7)70-40)73-49-41(61)37(22-29(3)69-49)58(11)21-20-36-27-60(57-56-36)38(25-53)43(67-13)34-16-18-35(19-17-34)47(54)55/h16-19,27-33,37-46,49,61-63,65-66H,15,20-26H2,1-14H3,(H3,54,55)/t28-,29-,30+,31-,32-,33+,37+,38-,39-,40+,41-,42+,43-,44-,45+,46-,49+,50-,51-,52-/m1/s1. The summed E-state index contributed by atoms with van der Waals surface area (Å²) in [7, 11) is 6.67. The van der Waals surface area contributed by atoms with Gasteiger partial charge >= 0.3 is 5.97 Å². The van der Waals surface area contributed by atoms with Gasteiger partial charge in [-0.1, -0.05) is 50.3 Å². The Labute approximate surface area is 431 Å². The van der Waals surface area contributed by atoms with Gasteiger partial charge in [0.2, 0.25) is 0 Å². The smallest absolute Gasteiger partial charge is 0.311 e. The van der Waals surface area contributed by atoms with Crippen molar-refractivity contribution in [2.24, 2.45) is 23.5 Å².